The van der Waals surface area contributed by atoms with Crippen LogP contribution in [0, 0.1) is 6.92 Å². The molecule has 0 bridgehead atoms. The molecule has 2 nitrogen and oxygen atoms in total. The minimum atomic E-state index is 0.313. The standard InChI is InChI=1S/C15H16ClNO/c1-10-5-6-14(12(16)9-10)17-13-3-2-4-15-11(13)7-8-18-15/h5-9,13,17H,2-4H2,1H3. The van der Waals surface area contributed by atoms with Crippen molar-refractivity contribution in [2.24, 2.45) is 0 Å². The minimum Gasteiger partial charge on any atom is -0.469 e. The third-order valence-electron chi connectivity index (χ3n) is 3.51. The third kappa shape index (κ3) is 2.13. The maximum Gasteiger partial charge on any atom is 0.109 e. The quantitative estimate of drug-likeness (QED) is 0.845. The number of furan rings is 1. The zero-order chi connectivity index (χ0) is 12.5. The molecule has 1 unspecified atom stereocenters. The summed E-state index contributed by atoms with van der Waals surface area (Å²) < 4.78 is 5.50. The fourth-order valence-electron chi connectivity index (χ4n) is 2.56. The van der Waals surface area contributed by atoms with Gasteiger partial charge in [0.05, 0.1) is 23.0 Å². The molecule has 1 atom stereocenters. The topological polar surface area (TPSA) is 25.2 Å². The lowest BCUT2D eigenvalue weighted by Crippen LogP contribution is -2.16. The number of nitrogens with one attached hydrogen (secondary N) is 1. The van der Waals surface area contributed by atoms with Crippen molar-refractivity contribution in [1.82, 2.24) is 0 Å². The lowest BCUT2D eigenvalue weighted by molar-refractivity contribution is 0.461. The predicted octanol–water partition coefficient (Wildman–Crippen LogP) is 4.73. The van der Waals surface area contributed by atoms with Crippen molar-refractivity contribution in [2.45, 2.75) is 32.2 Å². The van der Waals surface area contributed by atoms with E-state index in [-0.39, 0.29) is 0 Å². The van der Waals surface area contributed by atoms with Gasteiger partial charge in [-0.3, -0.25) is 0 Å². The Morgan fingerprint density at radius 1 is 1.33 bits per heavy atom. The highest BCUT2D eigenvalue weighted by Crippen LogP contribution is 2.35. The molecule has 0 fully saturated rings. The number of anilines is 1. The third-order valence-corrected chi connectivity index (χ3v) is 3.82. The van der Waals surface area contributed by atoms with Crippen molar-refractivity contribution in [1.29, 1.82) is 0 Å². The van der Waals surface area contributed by atoms with Crippen LogP contribution in [0.4, 0.5) is 5.69 Å². The van der Waals surface area contributed by atoms with Crippen molar-refractivity contribution in [3.8, 4) is 0 Å². The van der Waals surface area contributed by atoms with E-state index in [1.165, 1.54) is 11.1 Å². The molecule has 3 rings (SSSR count). The summed E-state index contributed by atoms with van der Waals surface area (Å²) in [5.74, 6) is 1.11. The van der Waals surface area contributed by atoms with Gasteiger partial charge in [0.15, 0.2) is 0 Å². The first kappa shape index (κ1) is 11.7. The van der Waals surface area contributed by atoms with Gasteiger partial charge in [0, 0.05) is 12.0 Å². The van der Waals surface area contributed by atoms with Gasteiger partial charge in [0.2, 0.25) is 0 Å². The Bertz CT molecular complexity index is 561. The average Bonchev–Trinajstić information content (AvgIpc) is 2.82. The first-order valence-corrected chi connectivity index (χ1v) is 6.71. The van der Waals surface area contributed by atoms with Gasteiger partial charge < -0.3 is 9.73 Å². The zero-order valence-electron chi connectivity index (χ0n) is 10.4. The highest BCUT2D eigenvalue weighted by Gasteiger charge is 2.22. The van der Waals surface area contributed by atoms with Gasteiger partial charge in [-0.15, -0.1) is 0 Å². The molecule has 1 aliphatic rings. The van der Waals surface area contributed by atoms with Gasteiger partial charge in [-0.2, -0.15) is 0 Å². The number of fused-ring (bicyclic) bond motifs is 1. The molecule has 3 heteroatoms. The molecule has 0 saturated carbocycles. The summed E-state index contributed by atoms with van der Waals surface area (Å²) in [6.07, 6.45) is 5.10. The Labute approximate surface area is 112 Å². The van der Waals surface area contributed by atoms with E-state index in [1.54, 1.807) is 6.26 Å². The van der Waals surface area contributed by atoms with Gasteiger partial charge in [-0.05, 0) is 43.5 Å². The maximum atomic E-state index is 6.26. The number of hydrogen-bond donors (Lipinski definition) is 1. The largest absolute Gasteiger partial charge is 0.469 e. The summed E-state index contributed by atoms with van der Waals surface area (Å²) in [6.45, 7) is 2.05. The highest BCUT2D eigenvalue weighted by molar-refractivity contribution is 6.33. The van der Waals surface area contributed by atoms with E-state index >= 15 is 0 Å². The molecule has 1 aromatic carbocycles. The van der Waals surface area contributed by atoms with E-state index in [1.807, 2.05) is 19.1 Å². The lowest BCUT2D eigenvalue weighted by atomic mass is 9.93. The van der Waals surface area contributed by atoms with Crippen LogP contribution >= 0.6 is 11.6 Å². The molecule has 0 amide bonds. The van der Waals surface area contributed by atoms with Crippen molar-refractivity contribution >= 4 is 17.3 Å². The van der Waals surface area contributed by atoms with E-state index in [0.717, 1.165) is 35.7 Å². The second kappa shape index (κ2) is 4.69. The number of hydrogen-bond acceptors (Lipinski definition) is 2. The lowest BCUT2D eigenvalue weighted by Gasteiger charge is -2.24. The molecule has 0 radical (unpaired) electrons. The number of halogens is 1. The van der Waals surface area contributed by atoms with Gasteiger partial charge in [-0.25, -0.2) is 0 Å². The summed E-state index contributed by atoms with van der Waals surface area (Å²) in [5, 5.41) is 4.31. The van der Waals surface area contributed by atoms with E-state index in [4.69, 9.17) is 16.0 Å². The van der Waals surface area contributed by atoms with Crippen molar-refractivity contribution in [3.63, 3.8) is 0 Å². The molecule has 94 valence electrons. The number of aryl methyl sites for hydroxylation is 2. The summed E-state index contributed by atoms with van der Waals surface area (Å²) >= 11 is 6.26. The average molecular weight is 262 g/mol. The molecule has 1 aliphatic carbocycles. The molecular formula is C15H16ClNO. The Morgan fingerprint density at radius 3 is 3.06 bits per heavy atom. The van der Waals surface area contributed by atoms with Crippen LogP contribution in [0.2, 0.25) is 5.02 Å². The monoisotopic (exact) mass is 261 g/mol. The number of rotatable bonds is 2. The maximum absolute atomic E-state index is 6.26. The zero-order valence-corrected chi connectivity index (χ0v) is 11.1. The molecule has 2 aromatic rings. The fourth-order valence-corrected chi connectivity index (χ4v) is 2.85. The minimum absolute atomic E-state index is 0.313. The van der Waals surface area contributed by atoms with Crippen LogP contribution in [0.5, 0.6) is 0 Å². The molecule has 0 spiro atoms. The van der Waals surface area contributed by atoms with E-state index in [2.05, 4.69) is 17.4 Å². The second-order valence-corrected chi connectivity index (χ2v) is 5.28. The first-order valence-electron chi connectivity index (χ1n) is 6.33. The van der Waals surface area contributed by atoms with Crippen molar-refractivity contribution in [3.05, 3.63) is 52.4 Å². The van der Waals surface area contributed by atoms with Crippen LogP contribution in [0.15, 0.2) is 34.9 Å². The van der Waals surface area contributed by atoms with E-state index in [0.29, 0.717) is 6.04 Å². The second-order valence-electron chi connectivity index (χ2n) is 4.87. The van der Waals surface area contributed by atoms with Crippen LogP contribution in [-0.4, -0.2) is 0 Å². The van der Waals surface area contributed by atoms with Crippen molar-refractivity contribution < 1.29 is 4.42 Å². The number of benzene rings is 1. The van der Waals surface area contributed by atoms with Crippen LogP contribution in [0.1, 0.15) is 35.8 Å². The highest BCUT2D eigenvalue weighted by atomic mass is 35.5. The first-order chi connectivity index (χ1) is 8.74. The van der Waals surface area contributed by atoms with E-state index in [9.17, 15) is 0 Å². The molecule has 0 saturated heterocycles. The van der Waals surface area contributed by atoms with Crippen molar-refractivity contribution in [2.75, 3.05) is 5.32 Å². The molecule has 1 heterocycles. The molecular weight excluding hydrogens is 246 g/mol. The van der Waals surface area contributed by atoms with Crippen LogP contribution in [0.3, 0.4) is 0 Å². The fraction of sp³-hybridized carbons (Fsp3) is 0.333. The van der Waals surface area contributed by atoms with E-state index < -0.39 is 0 Å². The molecule has 0 aliphatic heterocycles. The summed E-state index contributed by atoms with van der Waals surface area (Å²) in [4.78, 5) is 0. The van der Waals surface area contributed by atoms with Crippen LogP contribution < -0.4 is 5.32 Å². The van der Waals surface area contributed by atoms with Crippen LogP contribution in [0.25, 0.3) is 0 Å². The Kier molecular flexibility index (Phi) is 3.04. The Hall–Kier alpha value is -1.41. The Balaban J connectivity index is 1.86. The molecule has 1 N–H and O–H groups in total. The summed E-state index contributed by atoms with van der Waals surface area (Å²) in [7, 11) is 0. The van der Waals surface area contributed by atoms with Gasteiger partial charge in [-0.1, -0.05) is 17.7 Å². The summed E-state index contributed by atoms with van der Waals surface area (Å²) in [5.41, 5.74) is 3.46. The Morgan fingerprint density at radius 2 is 2.22 bits per heavy atom. The normalized spacial score (nSPS) is 18.4. The smallest absolute Gasteiger partial charge is 0.109 e. The summed E-state index contributed by atoms with van der Waals surface area (Å²) in [6, 6.07) is 8.49. The molecule has 1 aromatic heterocycles. The predicted molar refractivity (Wildman–Crippen MR) is 74.2 cm³/mol. The molecule has 18 heavy (non-hydrogen) atoms. The van der Waals surface area contributed by atoms with Crippen LogP contribution in [-0.2, 0) is 6.42 Å². The van der Waals surface area contributed by atoms with Gasteiger partial charge in [0.25, 0.3) is 0 Å². The van der Waals surface area contributed by atoms with Gasteiger partial charge >= 0.3 is 0 Å². The SMILES string of the molecule is Cc1ccc(NC2CCCc3occc32)c(Cl)c1. The van der Waals surface area contributed by atoms with Gasteiger partial charge in [0.1, 0.15) is 5.76 Å².